The molecule has 0 amide bonds. The quantitative estimate of drug-likeness (QED) is 0.268. The first-order valence-corrected chi connectivity index (χ1v) is 10.9. The van der Waals surface area contributed by atoms with Crippen molar-refractivity contribution in [2.45, 2.75) is 104 Å². The van der Waals surface area contributed by atoms with Crippen molar-refractivity contribution in [1.29, 1.82) is 0 Å². The summed E-state index contributed by atoms with van der Waals surface area (Å²) in [7, 11) is 0. The van der Waals surface area contributed by atoms with E-state index in [2.05, 4.69) is 13.8 Å². The minimum absolute atomic E-state index is 0.337. The average Bonchev–Trinajstić information content (AvgIpc) is 2.62. The Bertz CT molecular complexity index is 497. The molecule has 0 bridgehead atoms. The standard InChI is InChI=1S/C23H40O4/c1-4-5-15-22(20(24)25)17-12-13-18-23(22,21(26)27)16-11-9-7-6-8-10-14-19(2)3/h12-13,19H,4-11,14-18H2,1-3H3,(H,24,25)(H,26,27). The largest absolute Gasteiger partial charge is 0.481 e. The molecule has 0 aromatic rings. The van der Waals surface area contributed by atoms with Crippen LogP contribution in [0.15, 0.2) is 12.2 Å². The summed E-state index contributed by atoms with van der Waals surface area (Å²) >= 11 is 0. The predicted molar refractivity (Wildman–Crippen MR) is 110 cm³/mol. The van der Waals surface area contributed by atoms with Gasteiger partial charge in [0, 0.05) is 0 Å². The number of carboxylic acids is 2. The van der Waals surface area contributed by atoms with Crippen LogP contribution >= 0.6 is 0 Å². The molecule has 0 fully saturated rings. The van der Waals surface area contributed by atoms with E-state index in [4.69, 9.17) is 0 Å². The SMILES string of the molecule is CCCCC1(C(=O)O)CC=CCC1(CCCCCCCCC(C)C)C(=O)O. The summed E-state index contributed by atoms with van der Waals surface area (Å²) in [6.07, 6.45) is 14.8. The molecule has 1 aliphatic carbocycles. The molecule has 0 radical (unpaired) electrons. The van der Waals surface area contributed by atoms with Gasteiger partial charge >= 0.3 is 11.9 Å². The van der Waals surface area contributed by atoms with Crippen LogP contribution in [-0.2, 0) is 9.59 Å². The van der Waals surface area contributed by atoms with Gasteiger partial charge in [0.1, 0.15) is 0 Å². The van der Waals surface area contributed by atoms with Crippen molar-refractivity contribution in [2.75, 3.05) is 0 Å². The molecule has 4 nitrogen and oxygen atoms in total. The highest BCUT2D eigenvalue weighted by atomic mass is 16.4. The average molecular weight is 381 g/mol. The van der Waals surface area contributed by atoms with Crippen LogP contribution in [0.1, 0.15) is 104 Å². The maximum Gasteiger partial charge on any atom is 0.311 e. The van der Waals surface area contributed by atoms with Gasteiger partial charge in [-0.25, -0.2) is 0 Å². The molecule has 0 aromatic carbocycles. The van der Waals surface area contributed by atoms with Crippen molar-refractivity contribution >= 4 is 11.9 Å². The Hall–Kier alpha value is -1.32. The first-order valence-electron chi connectivity index (χ1n) is 10.9. The summed E-state index contributed by atoms with van der Waals surface area (Å²) in [5.74, 6) is -1.11. The van der Waals surface area contributed by atoms with Crippen LogP contribution < -0.4 is 0 Å². The fourth-order valence-electron chi connectivity index (χ4n) is 4.61. The molecule has 2 N–H and O–H groups in total. The fraction of sp³-hybridized carbons (Fsp3) is 0.826. The Morgan fingerprint density at radius 1 is 0.815 bits per heavy atom. The summed E-state index contributed by atoms with van der Waals surface area (Å²) in [4.78, 5) is 24.6. The maximum absolute atomic E-state index is 12.3. The van der Waals surface area contributed by atoms with E-state index in [1.165, 1.54) is 25.7 Å². The number of aliphatic carboxylic acids is 2. The third kappa shape index (κ3) is 6.08. The molecule has 0 heterocycles. The lowest BCUT2D eigenvalue weighted by atomic mass is 9.54. The van der Waals surface area contributed by atoms with Crippen LogP contribution in [0.4, 0.5) is 0 Å². The summed E-state index contributed by atoms with van der Waals surface area (Å²) in [5.41, 5.74) is -2.33. The summed E-state index contributed by atoms with van der Waals surface area (Å²) in [6, 6.07) is 0. The third-order valence-electron chi connectivity index (χ3n) is 6.43. The van der Waals surface area contributed by atoms with E-state index in [1.54, 1.807) is 0 Å². The molecule has 0 spiro atoms. The molecule has 1 rings (SSSR count). The second kappa shape index (κ2) is 11.5. The van der Waals surface area contributed by atoms with Gasteiger partial charge in [0.15, 0.2) is 0 Å². The van der Waals surface area contributed by atoms with E-state index >= 15 is 0 Å². The molecule has 0 aromatic heterocycles. The predicted octanol–water partition coefficient (Wildman–Crippen LogP) is 6.45. The van der Waals surface area contributed by atoms with E-state index in [9.17, 15) is 19.8 Å². The Kier molecular flexibility index (Phi) is 10.1. The minimum atomic E-state index is -1.17. The topological polar surface area (TPSA) is 74.6 Å². The van der Waals surface area contributed by atoms with Gasteiger partial charge in [0.2, 0.25) is 0 Å². The third-order valence-corrected chi connectivity index (χ3v) is 6.43. The van der Waals surface area contributed by atoms with E-state index in [-0.39, 0.29) is 0 Å². The van der Waals surface area contributed by atoms with Gasteiger partial charge in [-0.3, -0.25) is 9.59 Å². The number of rotatable bonds is 14. The molecule has 0 saturated heterocycles. The van der Waals surface area contributed by atoms with Crippen molar-refractivity contribution < 1.29 is 19.8 Å². The Labute approximate surface area is 165 Å². The number of unbranched alkanes of at least 4 members (excludes halogenated alkanes) is 6. The van der Waals surface area contributed by atoms with Crippen molar-refractivity contribution in [2.24, 2.45) is 16.7 Å². The van der Waals surface area contributed by atoms with Crippen molar-refractivity contribution in [3.05, 3.63) is 12.2 Å². The van der Waals surface area contributed by atoms with Gasteiger partial charge in [-0.15, -0.1) is 0 Å². The Morgan fingerprint density at radius 2 is 1.26 bits per heavy atom. The zero-order chi connectivity index (χ0) is 20.3. The van der Waals surface area contributed by atoms with Crippen LogP contribution in [-0.4, -0.2) is 22.2 Å². The minimum Gasteiger partial charge on any atom is -0.481 e. The molecule has 156 valence electrons. The van der Waals surface area contributed by atoms with Crippen molar-refractivity contribution in [3.63, 3.8) is 0 Å². The van der Waals surface area contributed by atoms with Crippen LogP contribution in [0.25, 0.3) is 0 Å². The number of hydrogen-bond donors (Lipinski definition) is 2. The monoisotopic (exact) mass is 380 g/mol. The van der Waals surface area contributed by atoms with Gasteiger partial charge in [-0.2, -0.15) is 0 Å². The fourth-order valence-corrected chi connectivity index (χ4v) is 4.61. The Morgan fingerprint density at radius 3 is 1.70 bits per heavy atom. The first-order chi connectivity index (χ1) is 12.8. The van der Waals surface area contributed by atoms with E-state index in [1.807, 2.05) is 19.1 Å². The highest BCUT2D eigenvalue weighted by Crippen LogP contribution is 2.55. The highest BCUT2D eigenvalue weighted by molar-refractivity contribution is 5.87. The second-order valence-corrected chi connectivity index (χ2v) is 8.81. The van der Waals surface area contributed by atoms with E-state index in [0.29, 0.717) is 25.7 Å². The lowest BCUT2D eigenvalue weighted by molar-refractivity contribution is -0.177. The normalized spacial score (nSPS) is 25.0. The molecule has 4 heteroatoms. The smallest absolute Gasteiger partial charge is 0.311 e. The lowest BCUT2D eigenvalue weighted by Crippen LogP contribution is -2.53. The van der Waals surface area contributed by atoms with Crippen LogP contribution in [0.5, 0.6) is 0 Å². The zero-order valence-corrected chi connectivity index (χ0v) is 17.6. The summed E-state index contributed by atoms with van der Waals surface area (Å²) in [6.45, 7) is 6.52. The van der Waals surface area contributed by atoms with Gasteiger partial charge in [0.25, 0.3) is 0 Å². The molecule has 2 atom stereocenters. The number of allylic oxidation sites excluding steroid dienone is 2. The molecular formula is C23H40O4. The van der Waals surface area contributed by atoms with Crippen molar-refractivity contribution in [1.82, 2.24) is 0 Å². The van der Waals surface area contributed by atoms with E-state index < -0.39 is 22.8 Å². The Balaban J connectivity index is 2.70. The maximum atomic E-state index is 12.3. The van der Waals surface area contributed by atoms with Gasteiger partial charge in [-0.05, 0) is 31.6 Å². The molecular weight excluding hydrogens is 340 g/mol. The molecule has 27 heavy (non-hydrogen) atoms. The highest BCUT2D eigenvalue weighted by Gasteiger charge is 2.60. The summed E-state index contributed by atoms with van der Waals surface area (Å²) in [5, 5.41) is 20.1. The number of carbonyl (C=O) groups is 2. The van der Waals surface area contributed by atoms with E-state index in [0.717, 1.165) is 38.0 Å². The molecule has 0 saturated carbocycles. The molecule has 1 aliphatic rings. The van der Waals surface area contributed by atoms with Crippen LogP contribution in [0, 0.1) is 16.7 Å². The van der Waals surface area contributed by atoms with Gasteiger partial charge in [-0.1, -0.05) is 90.7 Å². The zero-order valence-electron chi connectivity index (χ0n) is 17.6. The molecule has 0 aliphatic heterocycles. The molecule has 2 unspecified atom stereocenters. The van der Waals surface area contributed by atoms with Crippen LogP contribution in [0.3, 0.4) is 0 Å². The van der Waals surface area contributed by atoms with Gasteiger partial charge < -0.3 is 10.2 Å². The van der Waals surface area contributed by atoms with Crippen LogP contribution in [0.2, 0.25) is 0 Å². The summed E-state index contributed by atoms with van der Waals surface area (Å²) < 4.78 is 0. The second-order valence-electron chi connectivity index (χ2n) is 8.81. The van der Waals surface area contributed by atoms with Crippen molar-refractivity contribution in [3.8, 4) is 0 Å². The number of hydrogen-bond acceptors (Lipinski definition) is 2. The van der Waals surface area contributed by atoms with Gasteiger partial charge in [0.05, 0.1) is 10.8 Å². The first kappa shape index (κ1) is 23.7. The number of carboxylic acid groups (broad SMARTS) is 2. The lowest BCUT2D eigenvalue weighted by Gasteiger charge is -2.46.